The Morgan fingerprint density at radius 1 is 1.70 bits per heavy atom. The van der Waals surface area contributed by atoms with Crippen molar-refractivity contribution in [1.82, 2.24) is 0 Å². The van der Waals surface area contributed by atoms with Gasteiger partial charge in [0.2, 0.25) is 0 Å². The molecular formula is C9H19N. The molecule has 0 aliphatic heterocycles. The molecule has 0 bridgehead atoms. The Morgan fingerprint density at radius 3 is 2.50 bits per heavy atom. The smallest absolute Gasteiger partial charge is 0.0161 e. The molecule has 0 radical (unpaired) electrons. The van der Waals surface area contributed by atoms with Gasteiger partial charge in [0.1, 0.15) is 0 Å². The van der Waals surface area contributed by atoms with Crippen molar-refractivity contribution in [3.05, 3.63) is 0 Å². The lowest BCUT2D eigenvalue weighted by Gasteiger charge is -2.10. The van der Waals surface area contributed by atoms with Crippen molar-refractivity contribution in [2.75, 3.05) is 0 Å². The Labute approximate surface area is 64.0 Å². The summed E-state index contributed by atoms with van der Waals surface area (Å²) in [5, 5.41) is 0. The molecule has 1 nitrogen and oxygen atoms in total. The standard InChI is InChI=1S/C9H19N/c1-4-5-7(2)8-6-9(8,3)10/h7-8H,4-6,10H2,1-3H3. The monoisotopic (exact) mass is 141 g/mol. The lowest BCUT2D eigenvalue weighted by Crippen LogP contribution is -2.22. The van der Waals surface area contributed by atoms with Crippen molar-refractivity contribution < 1.29 is 0 Å². The van der Waals surface area contributed by atoms with Crippen LogP contribution in [-0.2, 0) is 0 Å². The first-order valence-electron chi connectivity index (χ1n) is 4.37. The molecule has 0 heterocycles. The SMILES string of the molecule is CCCC(C)C1CC1(C)N. The zero-order valence-corrected chi connectivity index (χ0v) is 7.35. The third kappa shape index (κ3) is 1.51. The van der Waals surface area contributed by atoms with E-state index < -0.39 is 0 Å². The molecule has 0 aromatic carbocycles. The molecule has 1 saturated carbocycles. The largest absolute Gasteiger partial charge is 0.325 e. The van der Waals surface area contributed by atoms with E-state index in [2.05, 4.69) is 20.8 Å². The van der Waals surface area contributed by atoms with Gasteiger partial charge in [-0.05, 0) is 25.2 Å². The van der Waals surface area contributed by atoms with Gasteiger partial charge in [0.05, 0.1) is 0 Å². The topological polar surface area (TPSA) is 26.0 Å². The summed E-state index contributed by atoms with van der Waals surface area (Å²) in [5.74, 6) is 1.66. The maximum absolute atomic E-state index is 5.94. The first-order chi connectivity index (χ1) is 4.58. The van der Waals surface area contributed by atoms with Gasteiger partial charge in [0.25, 0.3) is 0 Å². The van der Waals surface area contributed by atoms with Crippen LogP contribution in [0.1, 0.15) is 40.0 Å². The van der Waals surface area contributed by atoms with Crippen molar-refractivity contribution in [1.29, 1.82) is 0 Å². The average molecular weight is 141 g/mol. The van der Waals surface area contributed by atoms with Crippen LogP contribution in [0.4, 0.5) is 0 Å². The lowest BCUT2D eigenvalue weighted by molar-refractivity contribution is 0.425. The second kappa shape index (κ2) is 2.54. The van der Waals surface area contributed by atoms with E-state index in [0.29, 0.717) is 0 Å². The van der Waals surface area contributed by atoms with Gasteiger partial charge in [-0.15, -0.1) is 0 Å². The highest BCUT2D eigenvalue weighted by atomic mass is 14.8. The highest BCUT2D eigenvalue weighted by Gasteiger charge is 2.48. The van der Waals surface area contributed by atoms with Gasteiger partial charge in [0, 0.05) is 5.54 Å². The number of rotatable bonds is 3. The summed E-state index contributed by atoms with van der Waals surface area (Å²) in [7, 11) is 0. The minimum atomic E-state index is 0.189. The lowest BCUT2D eigenvalue weighted by atomic mass is 9.98. The fourth-order valence-corrected chi connectivity index (χ4v) is 1.92. The van der Waals surface area contributed by atoms with Gasteiger partial charge in [-0.25, -0.2) is 0 Å². The summed E-state index contributed by atoms with van der Waals surface area (Å²) in [6.07, 6.45) is 3.89. The summed E-state index contributed by atoms with van der Waals surface area (Å²) < 4.78 is 0. The number of hydrogen-bond donors (Lipinski definition) is 1. The van der Waals surface area contributed by atoms with Crippen LogP contribution in [-0.4, -0.2) is 5.54 Å². The van der Waals surface area contributed by atoms with E-state index >= 15 is 0 Å². The van der Waals surface area contributed by atoms with Crippen LogP contribution in [0, 0.1) is 11.8 Å². The van der Waals surface area contributed by atoms with Gasteiger partial charge in [0.15, 0.2) is 0 Å². The Kier molecular flexibility index (Phi) is 2.04. The van der Waals surface area contributed by atoms with E-state index in [4.69, 9.17) is 5.73 Å². The molecule has 3 atom stereocenters. The zero-order chi connectivity index (χ0) is 7.78. The third-order valence-electron chi connectivity index (χ3n) is 2.78. The first kappa shape index (κ1) is 8.06. The summed E-state index contributed by atoms with van der Waals surface area (Å²) in [4.78, 5) is 0. The van der Waals surface area contributed by atoms with Crippen molar-refractivity contribution in [3.63, 3.8) is 0 Å². The van der Waals surface area contributed by atoms with E-state index in [0.717, 1.165) is 11.8 Å². The predicted octanol–water partition coefficient (Wildman–Crippen LogP) is 2.16. The maximum atomic E-state index is 5.94. The van der Waals surface area contributed by atoms with Gasteiger partial charge < -0.3 is 5.73 Å². The molecule has 1 rings (SSSR count). The normalized spacial score (nSPS) is 41.4. The van der Waals surface area contributed by atoms with E-state index in [1.165, 1.54) is 19.3 Å². The predicted molar refractivity (Wildman–Crippen MR) is 44.8 cm³/mol. The van der Waals surface area contributed by atoms with Crippen LogP contribution >= 0.6 is 0 Å². The van der Waals surface area contributed by atoms with Gasteiger partial charge in [-0.2, -0.15) is 0 Å². The molecule has 1 aliphatic rings. The minimum Gasteiger partial charge on any atom is -0.325 e. The Balaban J connectivity index is 2.25. The first-order valence-corrected chi connectivity index (χ1v) is 4.37. The summed E-state index contributed by atoms with van der Waals surface area (Å²) in [6, 6.07) is 0. The summed E-state index contributed by atoms with van der Waals surface area (Å²) >= 11 is 0. The van der Waals surface area contributed by atoms with Crippen molar-refractivity contribution in [3.8, 4) is 0 Å². The van der Waals surface area contributed by atoms with Crippen LogP contribution in [0.5, 0.6) is 0 Å². The van der Waals surface area contributed by atoms with Gasteiger partial charge in [-0.3, -0.25) is 0 Å². The molecule has 10 heavy (non-hydrogen) atoms. The molecule has 2 N–H and O–H groups in total. The average Bonchev–Trinajstić information content (AvgIpc) is 2.41. The maximum Gasteiger partial charge on any atom is 0.0161 e. The molecule has 0 spiro atoms. The molecule has 1 aliphatic carbocycles. The molecule has 1 heteroatoms. The van der Waals surface area contributed by atoms with Crippen molar-refractivity contribution in [2.24, 2.45) is 17.6 Å². The molecule has 0 aromatic rings. The molecule has 60 valence electrons. The fraction of sp³-hybridized carbons (Fsp3) is 1.00. The fourth-order valence-electron chi connectivity index (χ4n) is 1.92. The summed E-state index contributed by atoms with van der Waals surface area (Å²) in [5.41, 5.74) is 6.13. The van der Waals surface area contributed by atoms with E-state index in [9.17, 15) is 0 Å². The Hall–Kier alpha value is -0.0400. The van der Waals surface area contributed by atoms with Crippen LogP contribution in [0.15, 0.2) is 0 Å². The molecule has 3 unspecified atom stereocenters. The quantitative estimate of drug-likeness (QED) is 0.640. The molecule has 1 fully saturated rings. The number of hydrogen-bond acceptors (Lipinski definition) is 1. The van der Waals surface area contributed by atoms with Gasteiger partial charge >= 0.3 is 0 Å². The van der Waals surface area contributed by atoms with Crippen LogP contribution in [0.25, 0.3) is 0 Å². The van der Waals surface area contributed by atoms with E-state index in [1.807, 2.05) is 0 Å². The molecule has 0 saturated heterocycles. The van der Waals surface area contributed by atoms with Crippen molar-refractivity contribution in [2.45, 2.75) is 45.6 Å². The molecular weight excluding hydrogens is 122 g/mol. The zero-order valence-electron chi connectivity index (χ0n) is 7.35. The molecule has 0 amide bonds. The second-order valence-corrected chi connectivity index (χ2v) is 4.08. The summed E-state index contributed by atoms with van der Waals surface area (Å²) in [6.45, 7) is 6.74. The van der Waals surface area contributed by atoms with Crippen LogP contribution in [0.2, 0.25) is 0 Å². The second-order valence-electron chi connectivity index (χ2n) is 4.08. The van der Waals surface area contributed by atoms with Gasteiger partial charge in [-0.1, -0.05) is 26.7 Å². The highest BCUT2D eigenvalue weighted by Crippen LogP contribution is 2.47. The van der Waals surface area contributed by atoms with E-state index in [1.54, 1.807) is 0 Å². The Bertz CT molecular complexity index is 118. The Morgan fingerprint density at radius 2 is 2.20 bits per heavy atom. The van der Waals surface area contributed by atoms with E-state index in [-0.39, 0.29) is 5.54 Å². The van der Waals surface area contributed by atoms with Crippen molar-refractivity contribution >= 4 is 0 Å². The van der Waals surface area contributed by atoms with Crippen LogP contribution in [0.3, 0.4) is 0 Å². The molecule has 0 aromatic heterocycles. The van der Waals surface area contributed by atoms with Crippen LogP contribution < -0.4 is 5.73 Å². The third-order valence-corrected chi connectivity index (χ3v) is 2.78. The highest BCUT2D eigenvalue weighted by molar-refractivity contribution is 5.05. The number of nitrogens with two attached hydrogens (primary N) is 1. The minimum absolute atomic E-state index is 0.189.